The summed E-state index contributed by atoms with van der Waals surface area (Å²) in [5.74, 6) is 0.0511. The molecule has 0 bridgehead atoms. The maximum atomic E-state index is 13.0. The van der Waals surface area contributed by atoms with Gasteiger partial charge in [-0.3, -0.25) is 9.20 Å². The number of morpholine rings is 1. The molecule has 2 atom stereocenters. The van der Waals surface area contributed by atoms with E-state index >= 15 is 0 Å². The van der Waals surface area contributed by atoms with Crippen molar-refractivity contribution in [1.82, 2.24) is 14.3 Å². The van der Waals surface area contributed by atoms with Crippen LogP contribution in [-0.2, 0) is 11.2 Å². The molecule has 0 spiro atoms. The molecule has 5 heteroatoms. The largest absolute Gasteiger partial charge is 0.372 e. The average Bonchev–Trinajstić information content (AvgIpc) is 2.82. The number of fused-ring (bicyclic) bond motifs is 1. The smallest absolute Gasteiger partial charge is 0.272 e. The van der Waals surface area contributed by atoms with Crippen LogP contribution >= 0.6 is 0 Å². The zero-order valence-corrected chi connectivity index (χ0v) is 13.7. The number of nitrogens with zero attached hydrogens (tertiary/aromatic N) is 3. The maximum absolute atomic E-state index is 13.0. The van der Waals surface area contributed by atoms with Crippen LogP contribution in [0, 0.1) is 6.92 Å². The molecule has 0 N–H and O–H groups in total. The summed E-state index contributed by atoms with van der Waals surface area (Å²) < 4.78 is 7.64. The summed E-state index contributed by atoms with van der Waals surface area (Å²) in [5, 5.41) is 0. The Morgan fingerprint density at radius 1 is 1.36 bits per heavy atom. The molecule has 22 heavy (non-hydrogen) atoms. The van der Waals surface area contributed by atoms with Gasteiger partial charge in [-0.15, -0.1) is 0 Å². The van der Waals surface area contributed by atoms with Crippen molar-refractivity contribution >= 4 is 11.6 Å². The van der Waals surface area contributed by atoms with E-state index in [2.05, 4.69) is 4.98 Å². The topological polar surface area (TPSA) is 46.8 Å². The number of pyridine rings is 1. The van der Waals surface area contributed by atoms with E-state index in [9.17, 15) is 4.79 Å². The van der Waals surface area contributed by atoms with Crippen molar-refractivity contribution in [2.75, 3.05) is 13.1 Å². The van der Waals surface area contributed by atoms with E-state index in [1.54, 1.807) is 0 Å². The van der Waals surface area contributed by atoms with E-state index in [-0.39, 0.29) is 18.1 Å². The maximum Gasteiger partial charge on any atom is 0.272 e. The second kappa shape index (κ2) is 5.72. The summed E-state index contributed by atoms with van der Waals surface area (Å²) in [6.07, 6.45) is 2.83. The van der Waals surface area contributed by atoms with Crippen molar-refractivity contribution < 1.29 is 9.53 Å². The van der Waals surface area contributed by atoms with Crippen molar-refractivity contribution in [2.45, 2.75) is 46.3 Å². The van der Waals surface area contributed by atoms with Crippen molar-refractivity contribution in [3.63, 3.8) is 0 Å². The Morgan fingerprint density at radius 2 is 2.05 bits per heavy atom. The van der Waals surface area contributed by atoms with Crippen molar-refractivity contribution in [2.24, 2.45) is 0 Å². The van der Waals surface area contributed by atoms with Crippen molar-refractivity contribution in [1.29, 1.82) is 0 Å². The first-order valence-electron chi connectivity index (χ1n) is 7.92. The number of carbonyl (C=O) groups excluding carboxylic acids is 1. The van der Waals surface area contributed by atoms with E-state index < -0.39 is 0 Å². The first-order chi connectivity index (χ1) is 10.5. The van der Waals surface area contributed by atoms with Crippen LogP contribution in [0.4, 0.5) is 0 Å². The Kier molecular flexibility index (Phi) is 3.91. The third-order valence-electron chi connectivity index (χ3n) is 4.10. The molecule has 2 unspecified atom stereocenters. The quantitative estimate of drug-likeness (QED) is 0.856. The SMILES string of the molecule is CCc1nc2cc(C)ccn2c1C(=O)N1CC(C)OC(C)C1. The molecular formula is C17H23N3O2. The monoisotopic (exact) mass is 301 g/mol. The number of hydrogen-bond donors (Lipinski definition) is 0. The lowest BCUT2D eigenvalue weighted by Crippen LogP contribution is -2.48. The van der Waals surface area contributed by atoms with Crippen LogP contribution in [0.25, 0.3) is 5.65 Å². The average molecular weight is 301 g/mol. The molecule has 1 saturated heterocycles. The number of amides is 1. The van der Waals surface area contributed by atoms with Gasteiger partial charge in [0.1, 0.15) is 11.3 Å². The summed E-state index contributed by atoms with van der Waals surface area (Å²) >= 11 is 0. The molecule has 0 aromatic carbocycles. The van der Waals surface area contributed by atoms with Crippen LogP contribution in [0.2, 0.25) is 0 Å². The highest BCUT2D eigenvalue weighted by Crippen LogP contribution is 2.19. The van der Waals surface area contributed by atoms with E-state index in [0.29, 0.717) is 18.8 Å². The molecule has 2 aromatic rings. The number of ether oxygens (including phenoxy) is 1. The highest BCUT2D eigenvalue weighted by Gasteiger charge is 2.29. The number of hydrogen-bond acceptors (Lipinski definition) is 3. The summed E-state index contributed by atoms with van der Waals surface area (Å²) in [7, 11) is 0. The highest BCUT2D eigenvalue weighted by atomic mass is 16.5. The molecule has 3 rings (SSSR count). The minimum absolute atomic E-state index is 0.0511. The molecule has 118 valence electrons. The fraction of sp³-hybridized carbons (Fsp3) is 0.529. The van der Waals surface area contributed by atoms with Gasteiger partial charge in [0.2, 0.25) is 0 Å². The van der Waals surface area contributed by atoms with Crippen LogP contribution in [0.3, 0.4) is 0 Å². The third kappa shape index (κ3) is 2.61. The van der Waals surface area contributed by atoms with Gasteiger partial charge in [0.05, 0.1) is 17.9 Å². The van der Waals surface area contributed by atoms with E-state index in [0.717, 1.165) is 23.3 Å². The van der Waals surface area contributed by atoms with Crippen LogP contribution in [0.1, 0.15) is 42.5 Å². The summed E-state index contributed by atoms with van der Waals surface area (Å²) in [4.78, 5) is 19.6. The number of imidazole rings is 1. The van der Waals surface area contributed by atoms with Gasteiger partial charge in [-0.05, 0) is 44.9 Å². The van der Waals surface area contributed by atoms with Gasteiger partial charge in [0.15, 0.2) is 0 Å². The van der Waals surface area contributed by atoms with Gasteiger partial charge in [0.25, 0.3) is 5.91 Å². The number of carbonyl (C=O) groups is 1. The molecular weight excluding hydrogens is 278 g/mol. The Balaban J connectivity index is 2.03. The first kappa shape index (κ1) is 15.0. The van der Waals surface area contributed by atoms with Gasteiger partial charge in [-0.1, -0.05) is 6.92 Å². The van der Waals surface area contributed by atoms with Gasteiger partial charge >= 0.3 is 0 Å². The third-order valence-corrected chi connectivity index (χ3v) is 4.10. The first-order valence-corrected chi connectivity index (χ1v) is 7.92. The van der Waals surface area contributed by atoms with Gasteiger partial charge in [0, 0.05) is 19.3 Å². The predicted molar refractivity (Wildman–Crippen MR) is 85.2 cm³/mol. The molecule has 3 heterocycles. The second-order valence-corrected chi connectivity index (χ2v) is 6.16. The van der Waals surface area contributed by atoms with Crippen molar-refractivity contribution in [3.8, 4) is 0 Å². The fourth-order valence-corrected chi connectivity index (χ4v) is 3.16. The lowest BCUT2D eigenvalue weighted by atomic mass is 10.2. The molecule has 1 fully saturated rings. The minimum atomic E-state index is 0.0511. The molecule has 1 aliphatic rings. The predicted octanol–water partition coefficient (Wildman–Crippen LogP) is 2.45. The number of rotatable bonds is 2. The fourth-order valence-electron chi connectivity index (χ4n) is 3.16. The van der Waals surface area contributed by atoms with E-state index in [1.807, 2.05) is 55.3 Å². The molecule has 5 nitrogen and oxygen atoms in total. The molecule has 0 radical (unpaired) electrons. The summed E-state index contributed by atoms with van der Waals surface area (Å²) in [6.45, 7) is 9.35. The zero-order chi connectivity index (χ0) is 15.9. The summed E-state index contributed by atoms with van der Waals surface area (Å²) in [5.41, 5.74) is 3.54. The van der Waals surface area contributed by atoms with Crippen LogP contribution in [-0.4, -0.2) is 45.5 Å². The van der Waals surface area contributed by atoms with Gasteiger partial charge in [-0.2, -0.15) is 0 Å². The van der Waals surface area contributed by atoms with Crippen molar-refractivity contribution in [3.05, 3.63) is 35.3 Å². The van der Waals surface area contributed by atoms with Crippen LogP contribution in [0.5, 0.6) is 0 Å². The molecule has 0 saturated carbocycles. The Morgan fingerprint density at radius 3 is 2.68 bits per heavy atom. The molecule has 1 amide bonds. The van der Waals surface area contributed by atoms with E-state index in [1.165, 1.54) is 0 Å². The Hall–Kier alpha value is -1.88. The Labute approximate surface area is 130 Å². The zero-order valence-electron chi connectivity index (χ0n) is 13.7. The summed E-state index contributed by atoms with van der Waals surface area (Å²) in [6, 6.07) is 4.02. The number of aromatic nitrogens is 2. The van der Waals surface area contributed by atoms with Crippen LogP contribution < -0.4 is 0 Å². The number of aryl methyl sites for hydroxylation is 2. The van der Waals surface area contributed by atoms with Gasteiger partial charge < -0.3 is 9.64 Å². The highest BCUT2D eigenvalue weighted by molar-refractivity contribution is 5.95. The second-order valence-electron chi connectivity index (χ2n) is 6.16. The lowest BCUT2D eigenvalue weighted by Gasteiger charge is -2.35. The van der Waals surface area contributed by atoms with Gasteiger partial charge in [-0.25, -0.2) is 4.98 Å². The van der Waals surface area contributed by atoms with E-state index in [4.69, 9.17) is 4.74 Å². The van der Waals surface area contributed by atoms with Crippen LogP contribution in [0.15, 0.2) is 18.3 Å². The standard InChI is InChI=1S/C17H23N3O2/c1-5-14-16(20-7-6-11(2)8-15(20)18-14)17(21)19-9-12(3)22-13(4)10-19/h6-8,12-13H,5,9-10H2,1-4H3. The molecule has 1 aliphatic heterocycles. The molecule has 0 aliphatic carbocycles. The minimum Gasteiger partial charge on any atom is -0.372 e. The molecule has 2 aromatic heterocycles. The normalized spacial score (nSPS) is 22.3. The lowest BCUT2D eigenvalue weighted by molar-refractivity contribution is -0.0587. The Bertz CT molecular complexity index is 697.